The third kappa shape index (κ3) is 6.20. The van der Waals surface area contributed by atoms with Gasteiger partial charge in [-0.15, -0.1) is 0 Å². The molecule has 0 saturated carbocycles. The topological polar surface area (TPSA) is 69.7 Å². The van der Waals surface area contributed by atoms with Crippen LogP contribution in [0.25, 0.3) is 0 Å². The van der Waals surface area contributed by atoms with Gasteiger partial charge in [0.15, 0.2) is 0 Å². The number of halogens is 1. The van der Waals surface area contributed by atoms with Gasteiger partial charge in [0.1, 0.15) is 24.7 Å². The van der Waals surface area contributed by atoms with Gasteiger partial charge in [-0.2, -0.15) is 0 Å². The van der Waals surface area contributed by atoms with Gasteiger partial charge in [-0.3, -0.25) is 4.79 Å². The molecule has 7 heteroatoms. The number of benzene rings is 2. The van der Waals surface area contributed by atoms with E-state index in [9.17, 15) is 4.79 Å². The Labute approximate surface area is 174 Å². The van der Waals surface area contributed by atoms with Crippen LogP contribution in [0.3, 0.4) is 0 Å². The van der Waals surface area contributed by atoms with Crippen molar-refractivity contribution in [1.29, 1.82) is 0 Å². The van der Waals surface area contributed by atoms with Crippen molar-refractivity contribution in [1.82, 2.24) is 4.98 Å². The predicted molar refractivity (Wildman–Crippen MR) is 112 cm³/mol. The van der Waals surface area contributed by atoms with Crippen LogP contribution in [0.2, 0.25) is 5.02 Å². The first kappa shape index (κ1) is 20.6. The molecule has 1 heterocycles. The van der Waals surface area contributed by atoms with E-state index in [1.165, 1.54) is 0 Å². The predicted octanol–water partition coefficient (Wildman–Crippen LogP) is 4.59. The Morgan fingerprint density at radius 2 is 1.90 bits per heavy atom. The monoisotopic (exact) mass is 412 g/mol. The van der Waals surface area contributed by atoms with Crippen molar-refractivity contribution >= 4 is 23.2 Å². The molecule has 3 rings (SSSR count). The summed E-state index contributed by atoms with van der Waals surface area (Å²) in [5.74, 6) is 0.634. The summed E-state index contributed by atoms with van der Waals surface area (Å²) in [6.45, 7) is 1.12. The quantitative estimate of drug-likeness (QED) is 0.520. The highest BCUT2D eigenvalue weighted by atomic mass is 35.5. The average Bonchev–Trinajstić information content (AvgIpc) is 2.74. The van der Waals surface area contributed by atoms with Gasteiger partial charge in [-0.25, -0.2) is 4.98 Å². The molecule has 0 bridgehead atoms. The van der Waals surface area contributed by atoms with Crippen molar-refractivity contribution in [2.75, 3.05) is 25.6 Å². The number of hydrogen-bond acceptors (Lipinski definition) is 5. The Balaban J connectivity index is 1.65. The van der Waals surface area contributed by atoms with Crippen LogP contribution in [-0.4, -0.2) is 31.2 Å². The van der Waals surface area contributed by atoms with Crippen LogP contribution in [0, 0.1) is 0 Å². The molecule has 150 valence electrons. The standard InChI is InChI=1S/C22H21ClN2O4/c1-27-11-12-28-22-20(9-4-10-24-22)25-21(26)17-6-3-8-19(14-17)29-15-16-5-2-7-18(23)13-16/h2-10,13-14H,11-12,15H2,1H3,(H,25,26). The third-order valence-electron chi connectivity index (χ3n) is 3.94. The summed E-state index contributed by atoms with van der Waals surface area (Å²) in [6.07, 6.45) is 1.60. The molecule has 1 N–H and O–H groups in total. The second-order valence-electron chi connectivity index (χ2n) is 6.10. The van der Waals surface area contributed by atoms with Crippen molar-refractivity contribution in [3.05, 3.63) is 83.0 Å². The fourth-order valence-corrected chi connectivity index (χ4v) is 2.75. The van der Waals surface area contributed by atoms with Crippen LogP contribution in [0.5, 0.6) is 11.6 Å². The molecule has 0 aliphatic carbocycles. The fourth-order valence-electron chi connectivity index (χ4n) is 2.54. The Kier molecular flexibility index (Phi) is 7.44. The van der Waals surface area contributed by atoms with Crippen LogP contribution in [-0.2, 0) is 11.3 Å². The van der Waals surface area contributed by atoms with Crippen LogP contribution >= 0.6 is 11.6 Å². The second kappa shape index (κ2) is 10.5. The Morgan fingerprint density at radius 3 is 2.72 bits per heavy atom. The molecule has 29 heavy (non-hydrogen) atoms. The van der Waals surface area contributed by atoms with Gasteiger partial charge < -0.3 is 19.5 Å². The highest BCUT2D eigenvalue weighted by Crippen LogP contribution is 2.22. The molecule has 0 saturated heterocycles. The van der Waals surface area contributed by atoms with E-state index in [2.05, 4.69) is 10.3 Å². The minimum atomic E-state index is -0.289. The summed E-state index contributed by atoms with van der Waals surface area (Å²) in [5.41, 5.74) is 1.89. The smallest absolute Gasteiger partial charge is 0.255 e. The van der Waals surface area contributed by atoms with E-state index < -0.39 is 0 Å². The molecule has 0 aliphatic heterocycles. The van der Waals surface area contributed by atoms with E-state index in [1.807, 2.05) is 24.3 Å². The van der Waals surface area contributed by atoms with E-state index in [4.69, 9.17) is 25.8 Å². The van der Waals surface area contributed by atoms with E-state index >= 15 is 0 Å². The largest absolute Gasteiger partial charge is 0.489 e. The van der Waals surface area contributed by atoms with Gasteiger partial charge >= 0.3 is 0 Å². The number of ether oxygens (including phenoxy) is 3. The molecular formula is C22H21ClN2O4. The molecule has 0 atom stereocenters. The van der Waals surface area contributed by atoms with Crippen LogP contribution < -0.4 is 14.8 Å². The Hall–Kier alpha value is -3.09. The van der Waals surface area contributed by atoms with Gasteiger partial charge in [0, 0.05) is 23.9 Å². The number of nitrogens with one attached hydrogen (secondary N) is 1. The van der Waals surface area contributed by atoms with Crippen LogP contribution in [0.4, 0.5) is 5.69 Å². The van der Waals surface area contributed by atoms with E-state index in [1.54, 1.807) is 49.7 Å². The summed E-state index contributed by atoms with van der Waals surface area (Å²) < 4.78 is 16.3. The lowest BCUT2D eigenvalue weighted by Crippen LogP contribution is -2.14. The van der Waals surface area contributed by atoms with Gasteiger partial charge in [-0.1, -0.05) is 29.8 Å². The van der Waals surface area contributed by atoms with E-state index in [0.717, 1.165) is 5.56 Å². The molecule has 1 amide bonds. The normalized spacial score (nSPS) is 10.4. The number of rotatable bonds is 9. The van der Waals surface area contributed by atoms with Gasteiger partial charge in [0.2, 0.25) is 5.88 Å². The lowest BCUT2D eigenvalue weighted by atomic mass is 10.2. The first-order valence-electron chi connectivity index (χ1n) is 9.01. The second-order valence-corrected chi connectivity index (χ2v) is 6.53. The maximum Gasteiger partial charge on any atom is 0.255 e. The molecule has 6 nitrogen and oxygen atoms in total. The van der Waals surface area contributed by atoms with Crippen molar-refractivity contribution in [2.24, 2.45) is 0 Å². The number of pyridine rings is 1. The highest BCUT2D eigenvalue weighted by molar-refractivity contribution is 6.30. The van der Waals surface area contributed by atoms with Gasteiger partial charge in [0.25, 0.3) is 5.91 Å². The molecule has 0 radical (unpaired) electrons. The number of carbonyl (C=O) groups excluding carboxylic acids is 1. The van der Waals surface area contributed by atoms with Crippen molar-refractivity contribution in [3.8, 4) is 11.6 Å². The number of carbonyl (C=O) groups is 1. The van der Waals surface area contributed by atoms with Gasteiger partial charge in [-0.05, 0) is 48.0 Å². The zero-order valence-corrected chi connectivity index (χ0v) is 16.7. The molecule has 2 aromatic carbocycles. The number of aromatic nitrogens is 1. The maximum atomic E-state index is 12.7. The Bertz CT molecular complexity index is 965. The first-order valence-corrected chi connectivity index (χ1v) is 9.39. The van der Waals surface area contributed by atoms with Crippen LogP contribution in [0.15, 0.2) is 66.9 Å². The fraction of sp³-hybridized carbons (Fsp3) is 0.182. The number of hydrogen-bond donors (Lipinski definition) is 1. The van der Waals surface area contributed by atoms with Gasteiger partial charge in [0.05, 0.1) is 6.61 Å². The zero-order valence-electron chi connectivity index (χ0n) is 15.9. The molecule has 0 spiro atoms. The Morgan fingerprint density at radius 1 is 1.03 bits per heavy atom. The molecule has 0 aliphatic rings. The maximum absolute atomic E-state index is 12.7. The van der Waals surface area contributed by atoms with Crippen LogP contribution in [0.1, 0.15) is 15.9 Å². The summed E-state index contributed by atoms with van der Waals surface area (Å²) >= 11 is 5.99. The number of nitrogens with zero attached hydrogens (tertiary/aromatic N) is 1. The van der Waals surface area contributed by atoms with Crippen molar-refractivity contribution < 1.29 is 19.0 Å². The molecule has 3 aromatic rings. The number of amides is 1. The summed E-state index contributed by atoms with van der Waals surface area (Å²) in [5, 5.41) is 3.47. The van der Waals surface area contributed by atoms with Crippen molar-refractivity contribution in [3.63, 3.8) is 0 Å². The lowest BCUT2D eigenvalue weighted by Gasteiger charge is -2.12. The highest BCUT2D eigenvalue weighted by Gasteiger charge is 2.12. The lowest BCUT2D eigenvalue weighted by molar-refractivity contribution is 0.102. The molecule has 0 unspecified atom stereocenters. The third-order valence-corrected chi connectivity index (χ3v) is 4.17. The summed E-state index contributed by atoms with van der Waals surface area (Å²) in [4.78, 5) is 16.8. The van der Waals surface area contributed by atoms with Crippen molar-refractivity contribution in [2.45, 2.75) is 6.61 Å². The van der Waals surface area contributed by atoms with E-state index in [-0.39, 0.29) is 5.91 Å². The molecular weight excluding hydrogens is 392 g/mol. The summed E-state index contributed by atoms with van der Waals surface area (Å²) in [7, 11) is 1.59. The number of methoxy groups -OCH3 is 1. The minimum Gasteiger partial charge on any atom is -0.489 e. The first-order chi connectivity index (χ1) is 14.2. The minimum absolute atomic E-state index is 0.289. The SMILES string of the molecule is COCCOc1ncccc1NC(=O)c1cccc(OCc2cccc(Cl)c2)c1. The average molecular weight is 413 g/mol. The van der Waals surface area contributed by atoms with E-state index in [0.29, 0.717) is 47.7 Å². The summed E-state index contributed by atoms with van der Waals surface area (Å²) in [6, 6.07) is 17.8. The molecule has 1 aromatic heterocycles. The zero-order chi connectivity index (χ0) is 20.5. The molecule has 0 fully saturated rings. The number of anilines is 1.